The molecule has 1 atom stereocenters. The van der Waals surface area contributed by atoms with E-state index in [0.29, 0.717) is 46.8 Å². The zero-order valence-electron chi connectivity index (χ0n) is 14.2. The van der Waals surface area contributed by atoms with Crippen molar-refractivity contribution < 1.29 is 22.8 Å². The van der Waals surface area contributed by atoms with E-state index in [4.69, 9.17) is 4.52 Å². The molecule has 1 aliphatic heterocycles. The van der Waals surface area contributed by atoms with Crippen LogP contribution in [-0.4, -0.2) is 47.0 Å². The molecule has 0 radical (unpaired) electrons. The molecular formula is C16H19N3O5S2. The zero-order valence-corrected chi connectivity index (χ0v) is 15.8. The van der Waals surface area contributed by atoms with Crippen LogP contribution < -0.4 is 0 Å². The second-order valence-electron chi connectivity index (χ2n) is 6.80. The van der Waals surface area contributed by atoms with E-state index in [1.807, 2.05) is 0 Å². The molecule has 10 heteroatoms. The van der Waals surface area contributed by atoms with Gasteiger partial charge >= 0.3 is 5.97 Å². The van der Waals surface area contributed by atoms with Crippen molar-refractivity contribution in [3.63, 3.8) is 0 Å². The fourth-order valence-electron chi connectivity index (χ4n) is 3.16. The summed E-state index contributed by atoms with van der Waals surface area (Å²) in [5.41, 5.74) is 0. The number of aliphatic carboxylic acids is 1. The lowest BCUT2D eigenvalue weighted by Gasteiger charge is -2.29. The molecule has 0 spiro atoms. The summed E-state index contributed by atoms with van der Waals surface area (Å²) < 4.78 is 32.6. The number of piperidine rings is 1. The van der Waals surface area contributed by atoms with Crippen LogP contribution in [0.2, 0.25) is 0 Å². The van der Waals surface area contributed by atoms with Crippen molar-refractivity contribution in [1.29, 1.82) is 0 Å². The number of sulfonamides is 1. The third-order valence-corrected chi connectivity index (χ3v) is 7.98. The minimum Gasteiger partial charge on any atom is -0.481 e. The van der Waals surface area contributed by atoms with E-state index in [9.17, 15) is 18.3 Å². The number of carboxylic acid groups (broad SMARTS) is 1. The first kappa shape index (κ1) is 17.6. The Hall–Kier alpha value is -1.78. The van der Waals surface area contributed by atoms with Crippen LogP contribution >= 0.6 is 11.3 Å². The number of carbonyl (C=O) groups is 1. The van der Waals surface area contributed by atoms with E-state index in [0.717, 1.165) is 12.8 Å². The monoisotopic (exact) mass is 397 g/mol. The van der Waals surface area contributed by atoms with Crippen molar-refractivity contribution in [2.24, 2.45) is 5.92 Å². The number of rotatable bonds is 5. The number of carboxylic acids is 1. The maximum Gasteiger partial charge on any atom is 0.307 e. The van der Waals surface area contributed by atoms with Gasteiger partial charge in [-0.25, -0.2) is 8.42 Å². The van der Waals surface area contributed by atoms with Crippen LogP contribution in [0.25, 0.3) is 10.7 Å². The average Bonchev–Trinajstić information content (AvgIpc) is 3.20. The highest BCUT2D eigenvalue weighted by molar-refractivity contribution is 7.89. The Morgan fingerprint density at radius 1 is 1.38 bits per heavy atom. The molecule has 26 heavy (non-hydrogen) atoms. The zero-order chi connectivity index (χ0) is 18.5. The first-order valence-electron chi connectivity index (χ1n) is 8.53. The largest absolute Gasteiger partial charge is 0.481 e. The molecule has 2 aromatic rings. The van der Waals surface area contributed by atoms with Gasteiger partial charge in [-0.2, -0.15) is 9.29 Å². The molecule has 2 fully saturated rings. The molecule has 0 bridgehead atoms. The molecule has 4 rings (SSSR count). The Morgan fingerprint density at radius 2 is 2.15 bits per heavy atom. The maximum atomic E-state index is 13.0. The number of nitrogens with zero attached hydrogens (tertiary/aromatic N) is 3. The molecule has 1 N–H and O–H groups in total. The molecule has 1 saturated carbocycles. The summed E-state index contributed by atoms with van der Waals surface area (Å²) >= 11 is 1.30. The van der Waals surface area contributed by atoms with Crippen LogP contribution in [0.3, 0.4) is 0 Å². The van der Waals surface area contributed by atoms with Gasteiger partial charge in [0.1, 0.15) is 0 Å². The Labute approximate surface area is 154 Å². The van der Waals surface area contributed by atoms with Crippen LogP contribution in [0, 0.1) is 12.8 Å². The lowest BCUT2D eigenvalue weighted by Crippen LogP contribution is -2.42. The summed E-state index contributed by atoms with van der Waals surface area (Å²) in [4.78, 5) is 17.1. The first-order valence-corrected chi connectivity index (χ1v) is 10.8. The van der Waals surface area contributed by atoms with Crippen molar-refractivity contribution in [1.82, 2.24) is 14.4 Å². The highest BCUT2D eigenvalue weighted by atomic mass is 32.2. The van der Waals surface area contributed by atoms with Gasteiger partial charge in [-0.1, -0.05) is 5.16 Å². The van der Waals surface area contributed by atoms with Gasteiger partial charge in [-0.15, -0.1) is 11.3 Å². The maximum absolute atomic E-state index is 13.0. The van der Waals surface area contributed by atoms with Gasteiger partial charge in [0, 0.05) is 23.9 Å². The molecule has 1 saturated heterocycles. The average molecular weight is 397 g/mol. The van der Waals surface area contributed by atoms with Gasteiger partial charge in [0.15, 0.2) is 0 Å². The number of hydrogen-bond acceptors (Lipinski definition) is 7. The van der Waals surface area contributed by atoms with Crippen LogP contribution in [0.4, 0.5) is 0 Å². The van der Waals surface area contributed by atoms with Crippen LogP contribution in [0.5, 0.6) is 0 Å². The van der Waals surface area contributed by atoms with E-state index in [2.05, 4.69) is 10.1 Å². The van der Waals surface area contributed by atoms with Crippen molar-refractivity contribution in [2.45, 2.75) is 43.4 Å². The lowest BCUT2D eigenvalue weighted by molar-refractivity contribution is -0.142. The number of aromatic nitrogens is 2. The Morgan fingerprint density at radius 3 is 2.85 bits per heavy atom. The number of hydrogen-bond donors (Lipinski definition) is 1. The SMILES string of the molecule is Cc1sc(-c2noc(C3CC3)n2)cc1S(=O)(=O)N1CCCC(C(=O)O)C1. The predicted molar refractivity (Wildman–Crippen MR) is 93.4 cm³/mol. The van der Waals surface area contributed by atoms with E-state index in [-0.39, 0.29) is 11.4 Å². The van der Waals surface area contributed by atoms with Gasteiger partial charge in [0.25, 0.3) is 0 Å². The fourth-order valence-corrected chi connectivity index (χ4v) is 6.17. The minimum absolute atomic E-state index is 0.0102. The Bertz CT molecular complexity index is 945. The molecule has 2 aromatic heterocycles. The standard InChI is InChI=1S/C16H19N3O5S2/c1-9-13(26(22,23)19-6-2-3-11(8-19)16(20)21)7-12(25-9)14-17-15(24-18-14)10-4-5-10/h7,10-11H,2-6,8H2,1H3,(H,20,21). The lowest BCUT2D eigenvalue weighted by atomic mass is 10.0. The van der Waals surface area contributed by atoms with Gasteiger partial charge in [0.05, 0.1) is 15.7 Å². The highest BCUT2D eigenvalue weighted by Gasteiger charge is 2.35. The smallest absolute Gasteiger partial charge is 0.307 e. The molecule has 140 valence electrons. The summed E-state index contributed by atoms with van der Waals surface area (Å²) in [5.74, 6) is -0.261. The minimum atomic E-state index is -3.75. The van der Waals surface area contributed by atoms with Gasteiger partial charge in [0.2, 0.25) is 21.7 Å². The summed E-state index contributed by atoms with van der Waals surface area (Å²) in [7, 11) is -3.75. The molecule has 8 nitrogen and oxygen atoms in total. The molecule has 2 aliphatic rings. The number of aryl methyl sites for hydroxylation is 1. The summed E-state index contributed by atoms with van der Waals surface area (Å²) in [6.45, 7) is 2.09. The van der Waals surface area contributed by atoms with E-state index >= 15 is 0 Å². The van der Waals surface area contributed by atoms with Crippen molar-refractivity contribution in [3.8, 4) is 10.7 Å². The molecule has 0 amide bonds. The highest BCUT2D eigenvalue weighted by Crippen LogP contribution is 2.41. The summed E-state index contributed by atoms with van der Waals surface area (Å²) in [6, 6.07) is 1.57. The summed E-state index contributed by atoms with van der Waals surface area (Å²) in [6.07, 6.45) is 3.14. The second-order valence-corrected chi connectivity index (χ2v) is 9.96. The molecule has 1 aliphatic carbocycles. The van der Waals surface area contributed by atoms with E-state index in [1.165, 1.54) is 15.6 Å². The van der Waals surface area contributed by atoms with E-state index in [1.54, 1.807) is 13.0 Å². The molecule has 1 unspecified atom stereocenters. The van der Waals surface area contributed by atoms with Crippen LogP contribution in [0.1, 0.15) is 42.4 Å². The second kappa shape index (κ2) is 6.43. The fraction of sp³-hybridized carbons (Fsp3) is 0.562. The third kappa shape index (κ3) is 3.17. The van der Waals surface area contributed by atoms with Crippen LogP contribution in [0.15, 0.2) is 15.5 Å². The van der Waals surface area contributed by atoms with Crippen molar-refractivity contribution in [3.05, 3.63) is 16.8 Å². The first-order chi connectivity index (χ1) is 12.4. The predicted octanol–water partition coefficient (Wildman–Crippen LogP) is 2.47. The van der Waals surface area contributed by atoms with E-state index < -0.39 is 21.9 Å². The number of thiophene rings is 1. The van der Waals surface area contributed by atoms with Crippen LogP contribution in [-0.2, 0) is 14.8 Å². The molecule has 3 heterocycles. The topological polar surface area (TPSA) is 114 Å². The quantitative estimate of drug-likeness (QED) is 0.824. The third-order valence-electron chi connectivity index (χ3n) is 4.81. The molecular weight excluding hydrogens is 378 g/mol. The van der Waals surface area contributed by atoms with Gasteiger partial charge < -0.3 is 9.63 Å². The van der Waals surface area contributed by atoms with Crippen molar-refractivity contribution >= 4 is 27.3 Å². The van der Waals surface area contributed by atoms with Gasteiger partial charge in [-0.3, -0.25) is 4.79 Å². The van der Waals surface area contributed by atoms with Crippen molar-refractivity contribution in [2.75, 3.05) is 13.1 Å². The summed E-state index contributed by atoms with van der Waals surface area (Å²) in [5, 5.41) is 13.2. The normalized spacial score (nSPS) is 21.8. The molecule has 0 aromatic carbocycles. The Kier molecular flexibility index (Phi) is 4.36. The Balaban J connectivity index is 1.62. The van der Waals surface area contributed by atoms with Gasteiger partial charge in [-0.05, 0) is 38.7 Å².